The molecule has 7 nitrogen and oxygen atoms in total. The minimum Gasteiger partial charge on any atom is -0.486 e. The lowest BCUT2D eigenvalue weighted by Crippen LogP contribution is -2.24. The number of hydrogen-bond acceptors (Lipinski definition) is 5. The van der Waals surface area contributed by atoms with Crippen LogP contribution < -0.4 is 19.5 Å². The molecule has 2 aromatic rings. The molecule has 0 unspecified atom stereocenters. The lowest BCUT2D eigenvalue weighted by atomic mass is 10.1. The van der Waals surface area contributed by atoms with E-state index in [1.807, 2.05) is 0 Å². The van der Waals surface area contributed by atoms with Gasteiger partial charge in [-0.15, -0.1) is 0 Å². The molecule has 2 aromatic carbocycles. The maximum atomic E-state index is 12.4. The summed E-state index contributed by atoms with van der Waals surface area (Å²) in [5.41, 5.74) is 1.12. The third-order valence-corrected chi connectivity index (χ3v) is 5.53. The van der Waals surface area contributed by atoms with E-state index < -0.39 is 10.0 Å². The van der Waals surface area contributed by atoms with Crippen LogP contribution in [0.15, 0.2) is 41.3 Å². The Labute approximate surface area is 156 Å². The topological polar surface area (TPSA) is 93.7 Å². The first-order valence-electron chi connectivity index (χ1n) is 7.80. The molecule has 138 valence electrons. The second-order valence-corrected chi connectivity index (χ2v) is 7.81. The smallest absolute Gasteiger partial charge is 0.251 e. The van der Waals surface area contributed by atoms with Crippen molar-refractivity contribution >= 4 is 27.5 Å². The zero-order valence-corrected chi connectivity index (χ0v) is 15.5. The fourth-order valence-corrected chi connectivity index (χ4v) is 3.43. The van der Waals surface area contributed by atoms with Gasteiger partial charge >= 0.3 is 0 Å². The number of fused-ring (bicyclic) bond motifs is 1. The average molecular weight is 397 g/mol. The van der Waals surface area contributed by atoms with E-state index in [2.05, 4.69) is 10.0 Å². The Bertz CT molecular complexity index is 929. The number of benzene rings is 2. The largest absolute Gasteiger partial charge is 0.486 e. The molecule has 1 heterocycles. The molecule has 0 saturated carbocycles. The molecule has 3 rings (SSSR count). The molecular weight excluding hydrogens is 380 g/mol. The van der Waals surface area contributed by atoms with Crippen LogP contribution >= 0.6 is 11.6 Å². The molecule has 0 bridgehead atoms. The number of ether oxygens (including phenoxy) is 2. The van der Waals surface area contributed by atoms with Crippen LogP contribution in [0.25, 0.3) is 0 Å². The minimum atomic E-state index is -3.48. The third kappa shape index (κ3) is 3.92. The van der Waals surface area contributed by atoms with Crippen LogP contribution in [0.3, 0.4) is 0 Å². The van der Waals surface area contributed by atoms with Crippen molar-refractivity contribution in [3.63, 3.8) is 0 Å². The summed E-state index contributed by atoms with van der Waals surface area (Å²) in [6.07, 6.45) is 0. The van der Waals surface area contributed by atoms with Crippen LogP contribution in [-0.2, 0) is 16.6 Å². The lowest BCUT2D eigenvalue weighted by Gasteiger charge is -2.20. The molecular formula is C17H17ClN2O5S. The first kappa shape index (κ1) is 18.5. The van der Waals surface area contributed by atoms with Crippen molar-refractivity contribution < 1.29 is 22.7 Å². The SMILES string of the molecule is CNS(=O)(=O)c1ccc(CNC(=O)c2cc(Cl)c3c(c2)OCCO3)cc1. The highest BCUT2D eigenvalue weighted by Crippen LogP contribution is 2.38. The summed E-state index contributed by atoms with van der Waals surface area (Å²) in [5.74, 6) is 0.558. The number of halogens is 1. The Morgan fingerprint density at radius 2 is 1.85 bits per heavy atom. The highest BCUT2D eigenvalue weighted by Gasteiger charge is 2.19. The Hall–Kier alpha value is -2.29. The Morgan fingerprint density at radius 1 is 1.15 bits per heavy atom. The van der Waals surface area contributed by atoms with E-state index >= 15 is 0 Å². The first-order valence-corrected chi connectivity index (χ1v) is 9.66. The molecule has 1 amide bonds. The van der Waals surface area contributed by atoms with Crippen LogP contribution in [0.5, 0.6) is 11.5 Å². The standard InChI is InChI=1S/C17H17ClN2O5S/c1-19-26(22,23)13-4-2-11(3-5-13)10-20-17(21)12-8-14(18)16-15(9-12)24-6-7-25-16/h2-5,8-9,19H,6-7,10H2,1H3,(H,20,21). The van der Waals surface area contributed by atoms with Gasteiger partial charge in [0.1, 0.15) is 13.2 Å². The van der Waals surface area contributed by atoms with Gasteiger partial charge in [0.15, 0.2) is 11.5 Å². The fraction of sp³-hybridized carbons (Fsp3) is 0.235. The highest BCUT2D eigenvalue weighted by atomic mass is 35.5. The monoisotopic (exact) mass is 396 g/mol. The summed E-state index contributed by atoms with van der Waals surface area (Å²) < 4.78 is 36.5. The number of amides is 1. The van der Waals surface area contributed by atoms with Crippen molar-refractivity contribution in [2.75, 3.05) is 20.3 Å². The minimum absolute atomic E-state index is 0.161. The molecule has 0 fully saturated rings. The van der Waals surface area contributed by atoms with Crippen LogP contribution in [0.2, 0.25) is 5.02 Å². The molecule has 0 radical (unpaired) electrons. The summed E-state index contributed by atoms with van der Waals surface area (Å²) in [6.45, 7) is 1.05. The molecule has 26 heavy (non-hydrogen) atoms. The van der Waals surface area contributed by atoms with Gasteiger partial charge in [-0.25, -0.2) is 13.1 Å². The van der Waals surface area contributed by atoms with Gasteiger partial charge in [0.25, 0.3) is 5.91 Å². The normalized spacial score (nSPS) is 13.3. The van der Waals surface area contributed by atoms with Crippen LogP contribution in [0, 0.1) is 0 Å². The molecule has 0 aliphatic carbocycles. The van der Waals surface area contributed by atoms with Gasteiger partial charge in [-0.3, -0.25) is 4.79 Å². The van der Waals surface area contributed by atoms with Crippen molar-refractivity contribution in [2.24, 2.45) is 0 Å². The zero-order valence-electron chi connectivity index (χ0n) is 13.9. The molecule has 0 atom stereocenters. The molecule has 1 aliphatic rings. The van der Waals surface area contributed by atoms with Gasteiger partial charge in [0.05, 0.1) is 9.92 Å². The number of hydrogen-bond donors (Lipinski definition) is 2. The van der Waals surface area contributed by atoms with Crippen molar-refractivity contribution in [2.45, 2.75) is 11.4 Å². The second kappa shape index (κ2) is 7.53. The average Bonchev–Trinajstić information content (AvgIpc) is 2.66. The van der Waals surface area contributed by atoms with Gasteiger partial charge in [0.2, 0.25) is 10.0 Å². The first-order chi connectivity index (χ1) is 12.4. The van der Waals surface area contributed by atoms with Crippen molar-refractivity contribution in [1.29, 1.82) is 0 Å². The number of carbonyl (C=O) groups excluding carboxylic acids is 1. The van der Waals surface area contributed by atoms with Gasteiger partial charge in [-0.2, -0.15) is 0 Å². The van der Waals surface area contributed by atoms with E-state index in [1.54, 1.807) is 18.2 Å². The van der Waals surface area contributed by atoms with E-state index in [-0.39, 0.29) is 17.3 Å². The number of carbonyl (C=O) groups is 1. The van der Waals surface area contributed by atoms with Crippen molar-refractivity contribution in [3.8, 4) is 11.5 Å². The third-order valence-electron chi connectivity index (χ3n) is 3.81. The maximum absolute atomic E-state index is 12.4. The number of rotatable bonds is 5. The predicted molar refractivity (Wildman–Crippen MR) is 96.3 cm³/mol. The van der Waals surface area contributed by atoms with Gasteiger partial charge < -0.3 is 14.8 Å². The molecule has 1 aliphatic heterocycles. The molecule has 0 saturated heterocycles. The van der Waals surface area contributed by atoms with E-state index in [4.69, 9.17) is 21.1 Å². The van der Waals surface area contributed by atoms with E-state index in [0.29, 0.717) is 35.3 Å². The van der Waals surface area contributed by atoms with Crippen LogP contribution in [-0.4, -0.2) is 34.6 Å². The molecule has 0 aromatic heterocycles. The predicted octanol–water partition coefficient (Wildman–Crippen LogP) is 1.95. The summed E-state index contributed by atoms with van der Waals surface area (Å²) >= 11 is 6.13. The second-order valence-electron chi connectivity index (χ2n) is 5.52. The summed E-state index contributed by atoms with van der Waals surface area (Å²) in [4.78, 5) is 12.5. The summed E-state index contributed by atoms with van der Waals surface area (Å²) in [5, 5.41) is 3.08. The van der Waals surface area contributed by atoms with Crippen LogP contribution in [0.1, 0.15) is 15.9 Å². The van der Waals surface area contributed by atoms with E-state index in [1.165, 1.54) is 25.2 Å². The molecule has 0 spiro atoms. The van der Waals surface area contributed by atoms with Crippen LogP contribution in [0.4, 0.5) is 0 Å². The summed E-state index contributed by atoms with van der Waals surface area (Å²) in [6, 6.07) is 9.34. The van der Waals surface area contributed by atoms with E-state index in [9.17, 15) is 13.2 Å². The summed E-state index contributed by atoms with van der Waals surface area (Å²) in [7, 11) is -2.13. The maximum Gasteiger partial charge on any atom is 0.251 e. The van der Waals surface area contributed by atoms with Gasteiger partial charge in [0, 0.05) is 12.1 Å². The van der Waals surface area contributed by atoms with Crippen molar-refractivity contribution in [3.05, 3.63) is 52.5 Å². The molecule has 2 N–H and O–H groups in total. The Morgan fingerprint density at radius 3 is 2.54 bits per heavy atom. The lowest BCUT2D eigenvalue weighted by molar-refractivity contribution is 0.0949. The highest BCUT2D eigenvalue weighted by molar-refractivity contribution is 7.89. The van der Waals surface area contributed by atoms with Gasteiger partial charge in [-0.1, -0.05) is 23.7 Å². The molecule has 9 heteroatoms. The van der Waals surface area contributed by atoms with Gasteiger partial charge in [-0.05, 0) is 36.9 Å². The number of sulfonamides is 1. The zero-order chi connectivity index (χ0) is 18.7. The van der Waals surface area contributed by atoms with Crippen molar-refractivity contribution in [1.82, 2.24) is 10.0 Å². The Balaban J connectivity index is 1.68. The van der Waals surface area contributed by atoms with E-state index in [0.717, 1.165) is 5.56 Å². The quantitative estimate of drug-likeness (QED) is 0.805. The number of nitrogens with one attached hydrogen (secondary N) is 2. The Kier molecular flexibility index (Phi) is 5.36. The fourth-order valence-electron chi connectivity index (χ4n) is 2.43.